The number of hydrogen-bond donors (Lipinski definition) is 0. The lowest BCUT2D eigenvalue weighted by Gasteiger charge is -2.34. The number of nitrogens with zero attached hydrogens (tertiary/aromatic N) is 4. The molecule has 0 bridgehead atoms. The van der Waals surface area contributed by atoms with Crippen LogP contribution in [0.2, 0.25) is 0 Å². The number of aromatic nitrogens is 3. The van der Waals surface area contributed by atoms with Crippen LogP contribution in [0.3, 0.4) is 0 Å². The van der Waals surface area contributed by atoms with Crippen LogP contribution in [-0.4, -0.2) is 49.4 Å². The Morgan fingerprint density at radius 2 is 2.27 bits per heavy atom. The van der Waals surface area contributed by atoms with Crippen molar-refractivity contribution in [3.05, 3.63) is 42.6 Å². The molecule has 6 heteroatoms. The molecule has 2 aromatic heterocycles. The standard InChI is InChI=1S/C16H20N4OS/c1-12(2)14-10-19(8-9-22-14)16(21)13-4-3-5-18-15(13)20-7-6-17-11-20/h3-7,11-12,14H,8-10H2,1-2H3. The average molecular weight is 316 g/mol. The maximum absolute atomic E-state index is 12.9. The van der Waals surface area contributed by atoms with Crippen molar-refractivity contribution >= 4 is 17.7 Å². The van der Waals surface area contributed by atoms with E-state index in [-0.39, 0.29) is 5.91 Å². The van der Waals surface area contributed by atoms with Crippen LogP contribution >= 0.6 is 11.8 Å². The minimum absolute atomic E-state index is 0.0581. The summed E-state index contributed by atoms with van der Waals surface area (Å²) in [4.78, 5) is 23.3. The molecule has 0 spiro atoms. The Morgan fingerprint density at radius 3 is 3.00 bits per heavy atom. The second kappa shape index (κ2) is 6.52. The first-order chi connectivity index (χ1) is 10.7. The zero-order chi connectivity index (χ0) is 15.5. The molecule has 0 radical (unpaired) electrons. The third-order valence-corrected chi connectivity index (χ3v) is 5.43. The van der Waals surface area contributed by atoms with Gasteiger partial charge in [0.1, 0.15) is 6.33 Å². The predicted molar refractivity (Wildman–Crippen MR) is 88.3 cm³/mol. The highest BCUT2D eigenvalue weighted by Crippen LogP contribution is 2.26. The highest BCUT2D eigenvalue weighted by atomic mass is 32.2. The van der Waals surface area contributed by atoms with Crippen LogP contribution in [0, 0.1) is 5.92 Å². The topological polar surface area (TPSA) is 51.0 Å². The molecule has 1 fully saturated rings. The number of pyridine rings is 1. The van der Waals surface area contributed by atoms with E-state index in [0.29, 0.717) is 22.5 Å². The van der Waals surface area contributed by atoms with Crippen molar-refractivity contribution in [2.45, 2.75) is 19.1 Å². The van der Waals surface area contributed by atoms with Crippen LogP contribution in [0.4, 0.5) is 0 Å². The zero-order valence-electron chi connectivity index (χ0n) is 12.8. The van der Waals surface area contributed by atoms with Gasteiger partial charge >= 0.3 is 0 Å². The molecule has 5 nitrogen and oxygen atoms in total. The van der Waals surface area contributed by atoms with Gasteiger partial charge in [-0.1, -0.05) is 13.8 Å². The van der Waals surface area contributed by atoms with Crippen molar-refractivity contribution in [3.8, 4) is 5.82 Å². The fraction of sp³-hybridized carbons (Fsp3) is 0.438. The van der Waals surface area contributed by atoms with Gasteiger partial charge in [0, 0.05) is 42.7 Å². The van der Waals surface area contributed by atoms with Crippen LogP contribution < -0.4 is 0 Å². The van der Waals surface area contributed by atoms with E-state index in [1.54, 1.807) is 23.3 Å². The minimum Gasteiger partial charge on any atom is -0.337 e. The molecule has 22 heavy (non-hydrogen) atoms. The van der Waals surface area contributed by atoms with E-state index in [4.69, 9.17) is 0 Å². The summed E-state index contributed by atoms with van der Waals surface area (Å²) in [6.45, 7) is 6.03. The van der Waals surface area contributed by atoms with Crippen LogP contribution in [0.15, 0.2) is 37.1 Å². The van der Waals surface area contributed by atoms with Crippen LogP contribution in [0.5, 0.6) is 0 Å². The van der Waals surface area contributed by atoms with Crippen LogP contribution in [0.1, 0.15) is 24.2 Å². The van der Waals surface area contributed by atoms with Crippen molar-refractivity contribution < 1.29 is 4.79 Å². The first-order valence-corrected chi connectivity index (χ1v) is 8.56. The normalized spacial score (nSPS) is 18.7. The summed E-state index contributed by atoms with van der Waals surface area (Å²) in [5.41, 5.74) is 0.634. The molecular weight excluding hydrogens is 296 g/mol. The molecule has 2 aromatic rings. The van der Waals surface area contributed by atoms with Crippen molar-refractivity contribution in [2.75, 3.05) is 18.8 Å². The predicted octanol–water partition coefficient (Wildman–Crippen LogP) is 2.48. The number of amides is 1. The maximum Gasteiger partial charge on any atom is 0.257 e. The zero-order valence-corrected chi connectivity index (χ0v) is 13.7. The summed E-state index contributed by atoms with van der Waals surface area (Å²) in [5, 5.41) is 0.506. The van der Waals surface area contributed by atoms with Gasteiger partial charge in [-0.2, -0.15) is 11.8 Å². The van der Waals surface area contributed by atoms with Gasteiger partial charge < -0.3 is 4.90 Å². The fourth-order valence-electron chi connectivity index (χ4n) is 2.59. The van der Waals surface area contributed by atoms with E-state index in [9.17, 15) is 4.79 Å². The molecule has 0 N–H and O–H groups in total. The van der Waals surface area contributed by atoms with E-state index in [1.165, 1.54) is 0 Å². The number of thioether (sulfide) groups is 1. The fourth-order valence-corrected chi connectivity index (χ4v) is 3.89. The number of rotatable bonds is 3. The molecule has 1 aliphatic heterocycles. The molecule has 1 saturated heterocycles. The summed E-state index contributed by atoms with van der Waals surface area (Å²) in [6.07, 6.45) is 6.87. The van der Waals surface area contributed by atoms with Gasteiger partial charge in [-0.3, -0.25) is 9.36 Å². The van der Waals surface area contributed by atoms with E-state index < -0.39 is 0 Å². The van der Waals surface area contributed by atoms with Gasteiger partial charge in [-0.25, -0.2) is 9.97 Å². The minimum atomic E-state index is 0.0581. The molecular formula is C16H20N4OS. The molecule has 116 valence electrons. The lowest BCUT2D eigenvalue weighted by atomic mass is 10.1. The SMILES string of the molecule is CC(C)C1CN(C(=O)c2cccnc2-n2ccnc2)CCS1. The first-order valence-electron chi connectivity index (χ1n) is 7.51. The number of carbonyl (C=O) groups is 1. The Kier molecular flexibility index (Phi) is 4.47. The van der Waals surface area contributed by atoms with E-state index in [2.05, 4.69) is 23.8 Å². The van der Waals surface area contributed by atoms with Crippen molar-refractivity contribution in [1.82, 2.24) is 19.4 Å². The highest BCUT2D eigenvalue weighted by molar-refractivity contribution is 8.00. The number of carbonyl (C=O) groups excluding carboxylic acids is 1. The third-order valence-electron chi connectivity index (χ3n) is 3.89. The molecule has 3 rings (SSSR count). The summed E-state index contributed by atoms with van der Waals surface area (Å²) in [5.74, 6) is 2.27. The van der Waals surface area contributed by atoms with Gasteiger partial charge in [0.2, 0.25) is 0 Å². The maximum atomic E-state index is 12.9. The van der Waals surface area contributed by atoms with Crippen LogP contribution in [-0.2, 0) is 0 Å². The molecule has 1 unspecified atom stereocenters. The van der Waals surface area contributed by atoms with E-state index >= 15 is 0 Å². The molecule has 3 heterocycles. The Labute approximate surface area is 134 Å². The lowest BCUT2D eigenvalue weighted by molar-refractivity contribution is 0.0755. The Hall–Kier alpha value is -1.82. The molecule has 0 aliphatic carbocycles. The van der Waals surface area contributed by atoms with Gasteiger partial charge in [-0.15, -0.1) is 0 Å². The first kappa shape index (κ1) is 15.1. The monoisotopic (exact) mass is 316 g/mol. The van der Waals surface area contributed by atoms with Gasteiger partial charge in [-0.05, 0) is 18.1 Å². The summed E-state index contributed by atoms with van der Waals surface area (Å²) in [7, 11) is 0. The highest BCUT2D eigenvalue weighted by Gasteiger charge is 2.28. The van der Waals surface area contributed by atoms with Gasteiger partial charge in [0.05, 0.1) is 5.56 Å². The lowest BCUT2D eigenvalue weighted by Crippen LogP contribution is -2.43. The average Bonchev–Trinajstić information content (AvgIpc) is 3.08. The second-order valence-corrected chi connectivity index (χ2v) is 7.10. The van der Waals surface area contributed by atoms with E-state index in [0.717, 1.165) is 18.8 Å². The summed E-state index contributed by atoms with van der Waals surface area (Å²) in [6, 6.07) is 3.66. The Morgan fingerprint density at radius 1 is 1.41 bits per heavy atom. The largest absolute Gasteiger partial charge is 0.337 e. The third kappa shape index (κ3) is 3.02. The van der Waals surface area contributed by atoms with Gasteiger partial charge in [0.15, 0.2) is 5.82 Å². The second-order valence-electron chi connectivity index (χ2n) is 5.75. The Bertz CT molecular complexity index is 641. The van der Waals surface area contributed by atoms with Crippen molar-refractivity contribution in [2.24, 2.45) is 5.92 Å². The molecule has 0 saturated carbocycles. The quantitative estimate of drug-likeness (QED) is 0.873. The molecule has 1 aliphatic rings. The smallest absolute Gasteiger partial charge is 0.257 e. The molecule has 1 atom stereocenters. The Balaban J connectivity index is 1.87. The number of hydrogen-bond acceptors (Lipinski definition) is 4. The van der Waals surface area contributed by atoms with Crippen LogP contribution in [0.25, 0.3) is 5.82 Å². The van der Waals surface area contributed by atoms with Gasteiger partial charge in [0.25, 0.3) is 5.91 Å². The number of imidazole rings is 1. The van der Waals surface area contributed by atoms with Crippen molar-refractivity contribution in [1.29, 1.82) is 0 Å². The molecule has 0 aromatic carbocycles. The summed E-state index contributed by atoms with van der Waals surface area (Å²) >= 11 is 1.96. The van der Waals surface area contributed by atoms with Crippen molar-refractivity contribution in [3.63, 3.8) is 0 Å². The summed E-state index contributed by atoms with van der Waals surface area (Å²) < 4.78 is 1.78. The van der Waals surface area contributed by atoms with E-state index in [1.807, 2.05) is 35.0 Å². The molecule has 1 amide bonds.